The van der Waals surface area contributed by atoms with E-state index < -0.39 is 9.73 Å². The number of nitrogens with zero attached hydrogens (tertiary/aromatic N) is 4. The molecular weight excluding hydrogens is 304 g/mol. The molecule has 0 bridgehead atoms. The second-order valence-corrected chi connectivity index (χ2v) is 7.10. The van der Waals surface area contributed by atoms with E-state index in [4.69, 9.17) is 10.5 Å². The number of rotatable bonds is 3. The molecule has 1 aliphatic rings. The first-order chi connectivity index (χ1) is 10.4. The SMILES string of the molecule is CS(=N)(=O)c1nc(N)c2c(n1)N(Cc1ccncc1)C(=O)C2. The predicted molar refractivity (Wildman–Crippen MR) is 80.6 cm³/mol. The van der Waals surface area contributed by atoms with Crippen LogP contribution in [0.4, 0.5) is 11.6 Å². The first-order valence-corrected chi connectivity index (χ1v) is 8.42. The fraction of sp³-hybridized carbons (Fsp3) is 0.231. The van der Waals surface area contributed by atoms with E-state index in [1.54, 1.807) is 24.5 Å². The first kappa shape index (κ1) is 14.4. The summed E-state index contributed by atoms with van der Waals surface area (Å²) in [6.07, 6.45) is 4.60. The smallest absolute Gasteiger partial charge is 0.233 e. The molecule has 0 radical (unpaired) electrons. The lowest BCUT2D eigenvalue weighted by molar-refractivity contribution is -0.117. The van der Waals surface area contributed by atoms with Gasteiger partial charge in [0.15, 0.2) is 0 Å². The third-order valence-corrected chi connectivity index (χ3v) is 4.20. The molecule has 3 N–H and O–H groups in total. The summed E-state index contributed by atoms with van der Waals surface area (Å²) in [5, 5.41) is -0.154. The molecule has 8 nitrogen and oxygen atoms in total. The molecular formula is C13H14N6O2S. The molecule has 1 atom stereocenters. The third-order valence-electron chi connectivity index (χ3n) is 3.32. The minimum absolute atomic E-state index is 0.104. The van der Waals surface area contributed by atoms with Gasteiger partial charge in [0.2, 0.25) is 11.1 Å². The summed E-state index contributed by atoms with van der Waals surface area (Å²) in [5.41, 5.74) is 7.25. The summed E-state index contributed by atoms with van der Waals surface area (Å²) in [5.74, 6) is 0.288. The van der Waals surface area contributed by atoms with Gasteiger partial charge >= 0.3 is 0 Å². The van der Waals surface area contributed by atoms with Gasteiger partial charge in [-0.15, -0.1) is 0 Å². The van der Waals surface area contributed by atoms with Crippen LogP contribution in [0.2, 0.25) is 0 Å². The Hall–Kier alpha value is -2.55. The number of hydrogen-bond acceptors (Lipinski definition) is 7. The van der Waals surface area contributed by atoms with E-state index in [0.717, 1.165) is 5.56 Å². The van der Waals surface area contributed by atoms with Crippen molar-refractivity contribution in [3.05, 3.63) is 35.7 Å². The Morgan fingerprint density at radius 1 is 1.36 bits per heavy atom. The molecule has 0 fully saturated rings. The monoisotopic (exact) mass is 318 g/mol. The molecule has 1 unspecified atom stereocenters. The van der Waals surface area contributed by atoms with E-state index in [2.05, 4.69) is 15.0 Å². The lowest BCUT2D eigenvalue weighted by Crippen LogP contribution is -2.27. The van der Waals surface area contributed by atoms with Crippen LogP contribution in [-0.2, 0) is 27.5 Å². The van der Waals surface area contributed by atoms with Crippen molar-refractivity contribution in [3.8, 4) is 0 Å². The third kappa shape index (κ3) is 2.50. The number of fused-ring (bicyclic) bond motifs is 1. The van der Waals surface area contributed by atoms with Crippen LogP contribution in [0.25, 0.3) is 0 Å². The molecule has 1 aliphatic heterocycles. The van der Waals surface area contributed by atoms with E-state index >= 15 is 0 Å². The number of hydrogen-bond donors (Lipinski definition) is 2. The highest BCUT2D eigenvalue weighted by atomic mass is 32.2. The second-order valence-electron chi connectivity index (χ2n) is 5.05. The largest absolute Gasteiger partial charge is 0.383 e. The van der Waals surface area contributed by atoms with E-state index in [1.807, 2.05) is 0 Å². The van der Waals surface area contributed by atoms with Crippen LogP contribution < -0.4 is 10.6 Å². The van der Waals surface area contributed by atoms with Crippen molar-refractivity contribution in [1.82, 2.24) is 15.0 Å². The summed E-state index contributed by atoms with van der Waals surface area (Å²) in [6.45, 7) is 0.313. The number of nitrogen functional groups attached to an aromatic ring is 1. The van der Waals surface area contributed by atoms with Crippen molar-refractivity contribution in [2.24, 2.45) is 0 Å². The Kier molecular flexibility index (Phi) is 3.28. The maximum absolute atomic E-state index is 12.2. The van der Waals surface area contributed by atoms with Gasteiger partial charge in [0, 0.05) is 24.2 Å². The normalized spacial score (nSPS) is 16.4. The van der Waals surface area contributed by atoms with Crippen molar-refractivity contribution in [1.29, 1.82) is 4.78 Å². The zero-order valence-electron chi connectivity index (χ0n) is 11.8. The molecule has 22 heavy (non-hydrogen) atoms. The number of nitrogens with two attached hydrogens (primary N) is 1. The van der Waals surface area contributed by atoms with Gasteiger partial charge < -0.3 is 5.73 Å². The summed E-state index contributed by atoms with van der Waals surface area (Å²) in [4.78, 5) is 25.7. The van der Waals surface area contributed by atoms with E-state index in [0.29, 0.717) is 17.9 Å². The van der Waals surface area contributed by atoms with Crippen LogP contribution in [0.15, 0.2) is 29.7 Å². The Morgan fingerprint density at radius 2 is 2.05 bits per heavy atom. The zero-order chi connectivity index (χ0) is 15.9. The number of anilines is 2. The topological polar surface area (TPSA) is 126 Å². The molecule has 1 amide bonds. The van der Waals surface area contributed by atoms with Gasteiger partial charge in [0.25, 0.3) is 0 Å². The summed E-state index contributed by atoms with van der Waals surface area (Å²) < 4.78 is 19.5. The first-order valence-electron chi connectivity index (χ1n) is 6.45. The van der Waals surface area contributed by atoms with Crippen LogP contribution in [0.3, 0.4) is 0 Å². The van der Waals surface area contributed by atoms with Crippen LogP contribution in [-0.4, -0.2) is 31.3 Å². The predicted octanol–water partition coefficient (Wildman–Crippen LogP) is 0.579. The number of nitrogens with one attached hydrogen (secondary N) is 1. The van der Waals surface area contributed by atoms with E-state index in [1.165, 1.54) is 11.2 Å². The van der Waals surface area contributed by atoms with Crippen LogP contribution in [0.5, 0.6) is 0 Å². The van der Waals surface area contributed by atoms with Crippen molar-refractivity contribution >= 4 is 27.3 Å². The highest BCUT2D eigenvalue weighted by Crippen LogP contribution is 2.32. The minimum Gasteiger partial charge on any atom is -0.383 e. The van der Waals surface area contributed by atoms with Crippen LogP contribution >= 0.6 is 0 Å². The van der Waals surface area contributed by atoms with Gasteiger partial charge in [-0.1, -0.05) is 0 Å². The molecule has 3 rings (SSSR count). The molecule has 0 saturated carbocycles. The van der Waals surface area contributed by atoms with E-state index in [-0.39, 0.29) is 23.3 Å². The van der Waals surface area contributed by atoms with Gasteiger partial charge in [0.05, 0.1) is 13.0 Å². The van der Waals surface area contributed by atoms with Gasteiger partial charge in [-0.3, -0.25) is 14.7 Å². The molecule has 2 aromatic heterocycles. The Morgan fingerprint density at radius 3 is 2.68 bits per heavy atom. The molecule has 0 aliphatic carbocycles. The Balaban J connectivity index is 2.06. The van der Waals surface area contributed by atoms with Crippen molar-refractivity contribution < 1.29 is 9.00 Å². The van der Waals surface area contributed by atoms with Crippen LogP contribution in [0.1, 0.15) is 11.1 Å². The molecule has 9 heteroatoms. The maximum Gasteiger partial charge on any atom is 0.233 e. The number of carbonyl (C=O) groups excluding carboxylic acids is 1. The highest BCUT2D eigenvalue weighted by molar-refractivity contribution is 7.91. The molecule has 0 aromatic carbocycles. The fourth-order valence-corrected chi connectivity index (χ4v) is 2.77. The lowest BCUT2D eigenvalue weighted by Gasteiger charge is -2.17. The molecule has 2 aromatic rings. The average molecular weight is 318 g/mol. The molecule has 114 valence electrons. The number of amides is 1. The summed E-state index contributed by atoms with van der Waals surface area (Å²) >= 11 is 0. The maximum atomic E-state index is 12.2. The average Bonchev–Trinajstić information content (AvgIpc) is 2.77. The molecule has 0 spiro atoms. The summed E-state index contributed by atoms with van der Waals surface area (Å²) in [6, 6.07) is 3.59. The lowest BCUT2D eigenvalue weighted by atomic mass is 10.2. The standard InChI is InChI=1S/C13H14N6O2S/c1-22(15,21)13-17-11(14)9-6-10(20)19(12(9)18-13)7-8-2-4-16-5-3-8/h2-5,15H,6-7H2,1H3,(H2,14,17,18). The number of pyridine rings is 1. The van der Waals surface area contributed by atoms with Gasteiger partial charge in [0.1, 0.15) is 21.4 Å². The van der Waals surface area contributed by atoms with Gasteiger partial charge in [-0.25, -0.2) is 19.0 Å². The highest BCUT2D eigenvalue weighted by Gasteiger charge is 2.32. The summed E-state index contributed by atoms with van der Waals surface area (Å²) in [7, 11) is -3.11. The minimum atomic E-state index is -3.11. The van der Waals surface area contributed by atoms with E-state index in [9.17, 15) is 9.00 Å². The number of carbonyl (C=O) groups is 1. The Bertz CT molecular complexity index is 850. The van der Waals surface area contributed by atoms with Crippen molar-refractivity contribution in [2.45, 2.75) is 18.1 Å². The van der Waals surface area contributed by atoms with Crippen LogP contribution in [0, 0.1) is 4.78 Å². The van der Waals surface area contributed by atoms with Gasteiger partial charge in [-0.05, 0) is 17.7 Å². The second kappa shape index (κ2) is 5.02. The molecule has 3 heterocycles. The van der Waals surface area contributed by atoms with Crippen molar-refractivity contribution in [2.75, 3.05) is 16.9 Å². The van der Waals surface area contributed by atoms with Crippen molar-refractivity contribution in [3.63, 3.8) is 0 Å². The number of aromatic nitrogens is 3. The quantitative estimate of drug-likeness (QED) is 0.797. The Labute approximate surface area is 127 Å². The fourth-order valence-electron chi connectivity index (χ4n) is 2.23. The zero-order valence-corrected chi connectivity index (χ0v) is 12.6. The molecule has 0 saturated heterocycles. The van der Waals surface area contributed by atoms with Gasteiger partial charge in [-0.2, -0.15) is 0 Å².